The Morgan fingerprint density at radius 1 is 1.07 bits per heavy atom. The maximum atomic E-state index is 12.7. The fourth-order valence-electron chi connectivity index (χ4n) is 2.79. The number of aliphatic hydroxyl groups is 1. The molecule has 2 atom stereocenters. The molecule has 2 N–H and O–H groups in total. The largest absolute Gasteiger partial charge is 0.387 e. The van der Waals surface area contributed by atoms with E-state index in [4.69, 9.17) is 4.74 Å². The van der Waals surface area contributed by atoms with Crippen molar-refractivity contribution in [1.29, 1.82) is 0 Å². The summed E-state index contributed by atoms with van der Waals surface area (Å²) in [6.45, 7) is 4.54. The van der Waals surface area contributed by atoms with Gasteiger partial charge in [0.2, 0.25) is 10.0 Å². The van der Waals surface area contributed by atoms with Gasteiger partial charge < -0.3 is 9.84 Å². The van der Waals surface area contributed by atoms with Gasteiger partial charge in [-0.25, -0.2) is 13.1 Å². The predicted molar refractivity (Wildman–Crippen MR) is 116 cm³/mol. The molecule has 0 aliphatic rings. The van der Waals surface area contributed by atoms with Gasteiger partial charge in [0.1, 0.15) is 0 Å². The molecule has 2 unspecified atom stereocenters. The van der Waals surface area contributed by atoms with E-state index in [9.17, 15) is 13.5 Å². The van der Waals surface area contributed by atoms with Crippen LogP contribution in [0.2, 0.25) is 0 Å². The Labute approximate surface area is 174 Å². The van der Waals surface area contributed by atoms with Crippen LogP contribution in [-0.4, -0.2) is 32.3 Å². The Balaban J connectivity index is 1.93. The Hall–Kier alpha value is -1.99. The molecule has 0 saturated heterocycles. The van der Waals surface area contributed by atoms with Gasteiger partial charge in [-0.1, -0.05) is 79.9 Å². The topological polar surface area (TPSA) is 75.6 Å². The van der Waals surface area contributed by atoms with Crippen molar-refractivity contribution in [3.63, 3.8) is 0 Å². The smallest absolute Gasteiger partial charge is 0.241 e. The number of sulfonamides is 1. The van der Waals surface area contributed by atoms with Gasteiger partial charge in [0, 0.05) is 6.04 Å². The second-order valence-corrected chi connectivity index (χ2v) is 8.85. The van der Waals surface area contributed by atoms with Gasteiger partial charge in [-0.3, -0.25) is 0 Å². The zero-order valence-corrected chi connectivity index (χ0v) is 17.9. The summed E-state index contributed by atoms with van der Waals surface area (Å²) < 4.78 is 33.6. The molecule has 0 aliphatic carbocycles. The van der Waals surface area contributed by atoms with Gasteiger partial charge in [0.15, 0.2) is 0 Å². The van der Waals surface area contributed by atoms with Crippen molar-refractivity contribution in [3.8, 4) is 0 Å². The van der Waals surface area contributed by atoms with Crippen LogP contribution in [0.1, 0.15) is 37.3 Å². The third-order valence-electron chi connectivity index (χ3n) is 4.47. The number of rotatable bonds is 12. The average molecular weight is 418 g/mol. The van der Waals surface area contributed by atoms with Crippen LogP contribution in [0.15, 0.2) is 71.6 Å². The molecule has 29 heavy (non-hydrogen) atoms. The molecule has 2 rings (SSSR count). The fraction of sp³-hybridized carbons (Fsp3) is 0.391. The number of unbranched alkanes of at least 4 members (excludes halogenated alkanes) is 1. The minimum atomic E-state index is -3.62. The van der Waals surface area contributed by atoms with Crippen LogP contribution >= 0.6 is 0 Å². The van der Waals surface area contributed by atoms with Crippen molar-refractivity contribution in [1.82, 2.24) is 4.72 Å². The molecule has 0 bridgehead atoms. The van der Waals surface area contributed by atoms with E-state index >= 15 is 0 Å². The van der Waals surface area contributed by atoms with Crippen molar-refractivity contribution >= 4 is 10.0 Å². The number of hydrogen-bond donors (Lipinski definition) is 2. The second-order valence-electron chi connectivity index (χ2n) is 7.14. The van der Waals surface area contributed by atoms with E-state index in [1.54, 1.807) is 36.4 Å². The lowest BCUT2D eigenvalue weighted by molar-refractivity contribution is 0.0502. The van der Waals surface area contributed by atoms with Crippen LogP contribution in [0.25, 0.3) is 0 Å². The van der Waals surface area contributed by atoms with E-state index in [-0.39, 0.29) is 17.5 Å². The highest BCUT2D eigenvalue weighted by atomic mass is 32.2. The van der Waals surface area contributed by atoms with Crippen LogP contribution in [0.5, 0.6) is 0 Å². The summed E-state index contributed by atoms with van der Waals surface area (Å²) >= 11 is 0. The van der Waals surface area contributed by atoms with Gasteiger partial charge in [-0.15, -0.1) is 0 Å². The lowest BCUT2D eigenvalue weighted by Crippen LogP contribution is -2.33. The molecule has 0 spiro atoms. The number of aryl methyl sites for hydroxylation is 1. The Kier molecular flexibility index (Phi) is 9.54. The second kappa shape index (κ2) is 11.9. The summed E-state index contributed by atoms with van der Waals surface area (Å²) in [4.78, 5) is 0.241. The molecule has 0 amide bonds. The van der Waals surface area contributed by atoms with Crippen LogP contribution in [-0.2, 0) is 21.4 Å². The molecule has 2 aromatic rings. The van der Waals surface area contributed by atoms with E-state index in [0.717, 1.165) is 24.0 Å². The predicted octanol–water partition coefficient (Wildman–Crippen LogP) is 3.97. The van der Waals surface area contributed by atoms with Gasteiger partial charge >= 0.3 is 0 Å². The summed E-state index contributed by atoms with van der Waals surface area (Å²) in [6, 6.07) is 16.1. The number of ether oxygens (including phenoxy) is 1. The molecule has 0 fully saturated rings. The average Bonchev–Trinajstić information content (AvgIpc) is 2.71. The first kappa shape index (κ1) is 23.3. The molecular weight excluding hydrogens is 386 g/mol. The lowest BCUT2D eigenvalue weighted by Gasteiger charge is -2.16. The number of aliphatic hydroxyl groups excluding tert-OH is 1. The molecule has 0 radical (unpaired) electrons. The van der Waals surface area contributed by atoms with E-state index in [2.05, 4.69) is 11.6 Å². The van der Waals surface area contributed by atoms with Gasteiger partial charge in [0.25, 0.3) is 0 Å². The van der Waals surface area contributed by atoms with E-state index in [1.807, 2.05) is 37.3 Å². The summed E-state index contributed by atoms with van der Waals surface area (Å²) in [7, 11) is -3.62. The molecular formula is C23H31NO4S. The van der Waals surface area contributed by atoms with Crippen molar-refractivity contribution < 1.29 is 18.3 Å². The monoisotopic (exact) mass is 417 g/mol. The molecule has 0 heterocycles. The first-order valence-electron chi connectivity index (χ1n) is 9.98. The minimum absolute atomic E-state index is 0.149. The zero-order valence-electron chi connectivity index (χ0n) is 17.1. The summed E-state index contributed by atoms with van der Waals surface area (Å²) in [6.07, 6.45) is 5.02. The third-order valence-corrected chi connectivity index (χ3v) is 5.98. The van der Waals surface area contributed by atoms with Crippen LogP contribution in [0.4, 0.5) is 0 Å². The highest BCUT2D eigenvalue weighted by Gasteiger charge is 2.18. The first-order valence-corrected chi connectivity index (χ1v) is 11.5. The third kappa shape index (κ3) is 8.50. The van der Waals surface area contributed by atoms with Crippen molar-refractivity contribution in [2.45, 2.75) is 56.8 Å². The SMILES string of the molecule is CCCCC(/C=C/C(O)COCc1ccccc1)NS(=O)(=O)c1ccc(C)cc1. The molecule has 6 heteroatoms. The van der Waals surface area contributed by atoms with Gasteiger partial charge in [0.05, 0.1) is 24.2 Å². The van der Waals surface area contributed by atoms with Gasteiger partial charge in [-0.05, 0) is 31.0 Å². The molecule has 0 aliphatic heterocycles. The maximum Gasteiger partial charge on any atom is 0.241 e. The Bertz CT molecular complexity index is 848. The quantitative estimate of drug-likeness (QED) is 0.513. The summed E-state index contributed by atoms with van der Waals surface area (Å²) in [5, 5.41) is 10.2. The van der Waals surface area contributed by atoms with Gasteiger partial charge in [-0.2, -0.15) is 0 Å². The number of benzene rings is 2. The van der Waals surface area contributed by atoms with Crippen LogP contribution < -0.4 is 4.72 Å². The van der Waals surface area contributed by atoms with E-state index < -0.39 is 16.1 Å². The molecule has 2 aromatic carbocycles. The Morgan fingerprint density at radius 2 is 1.76 bits per heavy atom. The normalized spacial score (nSPS) is 14.2. The van der Waals surface area contributed by atoms with Crippen molar-refractivity contribution in [2.75, 3.05) is 6.61 Å². The number of nitrogens with one attached hydrogen (secondary N) is 1. The van der Waals surface area contributed by atoms with E-state index in [0.29, 0.717) is 13.0 Å². The molecule has 5 nitrogen and oxygen atoms in total. The fourth-order valence-corrected chi connectivity index (χ4v) is 4.02. The summed E-state index contributed by atoms with van der Waals surface area (Å²) in [5.41, 5.74) is 2.04. The first-order chi connectivity index (χ1) is 13.9. The standard InChI is InChI=1S/C23H31NO4S/c1-3-4-10-21(24-29(26,27)23-15-11-19(2)12-16-23)13-14-22(25)18-28-17-20-8-6-5-7-9-20/h5-9,11-16,21-22,24-25H,3-4,10,17-18H2,1-2H3/b14-13+. The van der Waals surface area contributed by atoms with E-state index in [1.165, 1.54) is 0 Å². The maximum absolute atomic E-state index is 12.7. The molecule has 158 valence electrons. The Morgan fingerprint density at radius 3 is 2.41 bits per heavy atom. The van der Waals surface area contributed by atoms with Crippen molar-refractivity contribution in [2.24, 2.45) is 0 Å². The molecule has 0 aromatic heterocycles. The summed E-state index contributed by atoms with van der Waals surface area (Å²) in [5.74, 6) is 0. The lowest BCUT2D eigenvalue weighted by atomic mass is 10.1. The van der Waals surface area contributed by atoms with Crippen LogP contribution in [0, 0.1) is 6.92 Å². The molecule has 0 saturated carbocycles. The highest BCUT2D eigenvalue weighted by molar-refractivity contribution is 7.89. The minimum Gasteiger partial charge on any atom is -0.387 e. The zero-order chi connectivity index (χ0) is 21.1. The van der Waals surface area contributed by atoms with Crippen molar-refractivity contribution in [3.05, 3.63) is 77.9 Å². The highest BCUT2D eigenvalue weighted by Crippen LogP contribution is 2.13. The van der Waals surface area contributed by atoms with Crippen LogP contribution in [0.3, 0.4) is 0 Å². The number of hydrogen-bond acceptors (Lipinski definition) is 4.